The summed E-state index contributed by atoms with van der Waals surface area (Å²) in [6, 6.07) is 4.13. The van der Waals surface area contributed by atoms with E-state index in [-0.39, 0.29) is 11.8 Å². The number of imidazole rings is 1. The zero-order valence-electron chi connectivity index (χ0n) is 18.4. The van der Waals surface area contributed by atoms with Gasteiger partial charge in [0, 0.05) is 56.0 Å². The Hall–Kier alpha value is -3.12. The van der Waals surface area contributed by atoms with Crippen molar-refractivity contribution >= 4 is 17.1 Å². The fourth-order valence-electron chi connectivity index (χ4n) is 4.56. The Kier molecular flexibility index (Phi) is 5.02. The number of fused-ring (bicyclic) bond motifs is 2. The second-order valence-electron chi connectivity index (χ2n) is 8.63. The predicted octanol–water partition coefficient (Wildman–Crippen LogP) is 3.40. The largest absolute Gasteiger partial charge is 0.368 e. The van der Waals surface area contributed by atoms with Crippen LogP contribution in [0.15, 0.2) is 60.2 Å². The summed E-state index contributed by atoms with van der Waals surface area (Å²) in [5, 5.41) is 3.38. The van der Waals surface area contributed by atoms with Gasteiger partial charge in [0.15, 0.2) is 0 Å². The van der Waals surface area contributed by atoms with Crippen LogP contribution in [0.4, 0.5) is 0 Å². The highest BCUT2D eigenvalue weighted by atomic mass is 16.2. The van der Waals surface area contributed by atoms with Gasteiger partial charge in [0.05, 0.1) is 11.4 Å². The zero-order chi connectivity index (χ0) is 21.5. The third-order valence-electron chi connectivity index (χ3n) is 6.60. The van der Waals surface area contributed by atoms with E-state index in [1.54, 1.807) is 4.90 Å². The molecule has 2 aromatic heterocycles. The van der Waals surface area contributed by atoms with Gasteiger partial charge >= 0.3 is 0 Å². The first-order valence-electron chi connectivity index (χ1n) is 11.1. The second kappa shape index (κ2) is 7.85. The SMILES string of the molecule is Cc1nc2ccc(C3=CC(=O)N4C=C(N5CCNCC5)C=CC4=CCC3C)cn2c1C. The van der Waals surface area contributed by atoms with Gasteiger partial charge in [-0.2, -0.15) is 0 Å². The molecule has 0 saturated carbocycles. The summed E-state index contributed by atoms with van der Waals surface area (Å²) >= 11 is 0. The molecule has 0 spiro atoms. The van der Waals surface area contributed by atoms with Gasteiger partial charge in [-0.1, -0.05) is 13.0 Å². The Morgan fingerprint density at radius 1 is 1.10 bits per heavy atom. The molecule has 31 heavy (non-hydrogen) atoms. The molecule has 5 rings (SSSR count). The average molecular weight is 416 g/mol. The highest BCUT2D eigenvalue weighted by Gasteiger charge is 2.24. The summed E-state index contributed by atoms with van der Waals surface area (Å²) in [6.07, 6.45) is 13.2. The fraction of sp³-hybridized carbons (Fsp3) is 0.360. The van der Waals surface area contributed by atoms with Crippen LogP contribution >= 0.6 is 0 Å². The summed E-state index contributed by atoms with van der Waals surface area (Å²) in [7, 11) is 0. The number of rotatable bonds is 2. The molecule has 5 heterocycles. The van der Waals surface area contributed by atoms with Crippen molar-refractivity contribution in [2.24, 2.45) is 5.92 Å². The number of allylic oxidation sites excluding steroid dienone is 4. The van der Waals surface area contributed by atoms with Gasteiger partial charge in [-0.15, -0.1) is 0 Å². The van der Waals surface area contributed by atoms with E-state index in [1.165, 1.54) is 0 Å². The Morgan fingerprint density at radius 2 is 1.87 bits per heavy atom. The van der Waals surface area contributed by atoms with Gasteiger partial charge in [-0.25, -0.2) is 4.98 Å². The molecule has 1 unspecified atom stereocenters. The van der Waals surface area contributed by atoms with Crippen molar-refractivity contribution in [3.8, 4) is 0 Å². The van der Waals surface area contributed by atoms with E-state index < -0.39 is 0 Å². The Bertz CT molecular complexity index is 1160. The van der Waals surface area contributed by atoms with E-state index in [0.717, 1.165) is 72.2 Å². The standard InChI is InChI=1S/C25H29N5O/c1-17-4-6-21-7-8-22(28-12-10-26-11-13-28)16-30(21)25(31)14-23(17)20-5-9-24-27-18(2)19(3)29(24)15-20/h5-9,14-17,26H,4,10-13H2,1-3H3. The normalized spacial score (nSPS) is 22.0. The molecule has 1 amide bonds. The van der Waals surface area contributed by atoms with Crippen molar-refractivity contribution < 1.29 is 4.79 Å². The minimum absolute atomic E-state index is 0.00316. The number of hydrogen-bond acceptors (Lipinski definition) is 4. The Labute approximate surface area is 183 Å². The highest BCUT2D eigenvalue weighted by molar-refractivity contribution is 5.98. The lowest BCUT2D eigenvalue weighted by atomic mass is 9.90. The van der Waals surface area contributed by atoms with Crippen LogP contribution in [-0.4, -0.2) is 51.3 Å². The summed E-state index contributed by atoms with van der Waals surface area (Å²) < 4.78 is 2.12. The molecule has 1 atom stereocenters. The van der Waals surface area contributed by atoms with Crippen molar-refractivity contribution in [1.29, 1.82) is 0 Å². The number of pyridine rings is 1. The Morgan fingerprint density at radius 3 is 2.68 bits per heavy atom. The number of piperazine rings is 1. The number of carbonyl (C=O) groups is 1. The lowest BCUT2D eigenvalue weighted by molar-refractivity contribution is -0.122. The Balaban J connectivity index is 1.50. The van der Waals surface area contributed by atoms with Crippen LogP contribution in [0.3, 0.4) is 0 Å². The summed E-state index contributed by atoms with van der Waals surface area (Å²) in [6.45, 7) is 10.2. The van der Waals surface area contributed by atoms with Gasteiger partial charge in [0.2, 0.25) is 0 Å². The third-order valence-corrected chi connectivity index (χ3v) is 6.60. The first-order valence-corrected chi connectivity index (χ1v) is 11.1. The van der Waals surface area contributed by atoms with E-state index >= 15 is 0 Å². The zero-order valence-corrected chi connectivity index (χ0v) is 18.4. The van der Waals surface area contributed by atoms with Crippen LogP contribution in [0.5, 0.6) is 0 Å². The minimum atomic E-state index is 0.00316. The molecule has 2 aromatic rings. The molecule has 6 heteroatoms. The quantitative estimate of drug-likeness (QED) is 0.817. The van der Waals surface area contributed by atoms with Crippen molar-refractivity contribution in [3.63, 3.8) is 0 Å². The second-order valence-corrected chi connectivity index (χ2v) is 8.63. The lowest BCUT2D eigenvalue weighted by Crippen LogP contribution is -2.43. The van der Waals surface area contributed by atoms with E-state index in [1.807, 2.05) is 25.3 Å². The van der Waals surface area contributed by atoms with Gasteiger partial charge in [0.25, 0.3) is 5.91 Å². The molecule has 1 fully saturated rings. The molecule has 0 bridgehead atoms. The predicted molar refractivity (Wildman–Crippen MR) is 123 cm³/mol. The average Bonchev–Trinajstić information content (AvgIpc) is 3.08. The number of carbonyl (C=O) groups excluding carboxylic acids is 1. The number of amides is 1. The lowest BCUT2D eigenvalue weighted by Gasteiger charge is -2.34. The topological polar surface area (TPSA) is 52.9 Å². The highest BCUT2D eigenvalue weighted by Crippen LogP contribution is 2.32. The minimum Gasteiger partial charge on any atom is -0.368 e. The molecular weight excluding hydrogens is 386 g/mol. The van der Waals surface area contributed by atoms with Crippen molar-refractivity contribution in [1.82, 2.24) is 24.5 Å². The number of aryl methyl sites for hydroxylation is 2. The van der Waals surface area contributed by atoms with Crippen LogP contribution in [0, 0.1) is 19.8 Å². The van der Waals surface area contributed by atoms with Gasteiger partial charge in [-0.05, 0) is 61.6 Å². The van der Waals surface area contributed by atoms with E-state index in [4.69, 9.17) is 0 Å². The summed E-state index contributed by atoms with van der Waals surface area (Å²) in [5.41, 5.74) is 7.31. The molecular formula is C25H29N5O. The number of nitrogens with one attached hydrogen (secondary N) is 1. The smallest absolute Gasteiger partial charge is 0.255 e. The van der Waals surface area contributed by atoms with Crippen LogP contribution in [0.2, 0.25) is 0 Å². The summed E-state index contributed by atoms with van der Waals surface area (Å²) in [4.78, 5) is 22.1. The maximum Gasteiger partial charge on any atom is 0.255 e. The molecule has 0 radical (unpaired) electrons. The number of nitrogens with zero attached hydrogens (tertiary/aromatic N) is 4. The first-order chi connectivity index (χ1) is 15.0. The van der Waals surface area contributed by atoms with Crippen molar-refractivity contribution in [2.75, 3.05) is 26.2 Å². The maximum atomic E-state index is 13.4. The maximum absolute atomic E-state index is 13.4. The molecule has 0 aliphatic carbocycles. The van der Waals surface area contributed by atoms with Crippen molar-refractivity contribution in [2.45, 2.75) is 27.2 Å². The van der Waals surface area contributed by atoms with Crippen molar-refractivity contribution in [3.05, 3.63) is 77.2 Å². The molecule has 1 saturated heterocycles. The number of aromatic nitrogens is 2. The van der Waals surface area contributed by atoms with E-state index in [2.05, 4.69) is 63.9 Å². The van der Waals surface area contributed by atoms with Crippen LogP contribution in [-0.2, 0) is 4.79 Å². The summed E-state index contributed by atoms with van der Waals surface area (Å²) in [5.74, 6) is 0.247. The number of hydrogen-bond donors (Lipinski definition) is 1. The van der Waals surface area contributed by atoms with Gasteiger partial charge < -0.3 is 14.6 Å². The molecule has 6 nitrogen and oxygen atoms in total. The van der Waals surface area contributed by atoms with Crippen LogP contribution in [0.1, 0.15) is 30.3 Å². The third kappa shape index (κ3) is 3.61. The van der Waals surface area contributed by atoms with Crippen LogP contribution in [0.25, 0.3) is 11.2 Å². The molecule has 3 aliphatic heterocycles. The molecule has 0 aromatic carbocycles. The molecule has 1 N–H and O–H groups in total. The van der Waals surface area contributed by atoms with Crippen LogP contribution < -0.4 is 5.32 Å². The van der Waals surface area contributed by atoms with Gasteiger partial charge in [-0.3, -0.25) is 9.69 Å². The van der Waals surface area contributed by atoms with E-state index in [9.17, 15) is 4.79 Å². The monoisotopic (exact) mass is 415 g/mol. The molecule has 3 aliphatic rings. The fourth-order valence-corrected chi connectivity index (χ4v) is 4.56. The van der Waals surface area contributed by atoms with Gasteiger partial charge in [0.1, 0.15) is 5.65 Å². The first kappa shape index (κ1) is 19.8. The van der Waals surface area contributed by atoms with E-state index in [0.29, 0.717) is 0 Å². The molecule has 160 valence electrons.